The number of aromatic nitrogens is 2. The normalized spacial score (nSPS) is 19.6. The Morgan fingerprint density at radius 3 is 3.10 bits per heavy atom. The number of rotatable bonds is 5. The van der Waals surface area contributed by atoms with E-state index in [1.165, 1.54) is 6.26 Å². The van der Waals surface area contributed by atoms with Crippen molar-refractivity contribution in [3.05, 3.63) is 42.4 Å². The third-order valence-electron chi connectivity index (χ3n) is 3.56. The Morgan fingerprint density at radius 2 is 2.38 bits per heavy atom. The van der Waals surface area contributed by atoms with Crippen molar-refractivity contribution in [1.29, 1.82) is 0 Å². The molecule has 0 radical (unpaired) electrons. The number of hydrogen-bond donors (Lipinski definition) is 1. The molecule has 1 atom stereocenters. The molecule has 2 aromatic rings. The first-order valence-corrected chi connectivity index (χ1v) is 8.59. The summed E-state index contributed by atoms with van der Waals surface area (Å²) in [5.41, 5.74) is 2.20. The zero-order valence-corrected chi connectivity index (χ0v) is 12.6. The highest BCUT2D eigenvalue weighted by molar-refractivity contribution is 7.88. The molecule has 0 aliphatic carbocycles. The van der Waals surface area contributed by atoms with Gasteiger partial charge >= 0.3 is 0 Å². The van der Waals surface area contributed by atoms with Crippen molar-refractivity contribution < 1.29 is 12.8 Å². The third kappa shape index (κ3) is 3.52. The van der Waals surface area contributed by atoms with Crippen molar-refractivity contribution in [2.45, 2.75) is 19.1 Å². The summed E-state index contributed by atoms with van der Waals surface area (Å²) in [4.78, 5) is 6.43. The van der Waals surface area contributed by atoms with Gasteiger partial charge in [-0.15, -0.1) is 0 Å². The molecule has 1 aliphatic rings. The molecule has 2 aromatic heterocycles. The molecule has 3 heterocycles. The average molecular weight is 310 g/mol. The molecule has 0 aromatic carbocycles. The molecule has 0 saturated heterocycles. The average Bonchev–Trinajstić information content (AvgIpc) is 3.05. The fraction of sp³-hybridized carbons (Fsp3) is 0.462. The van der Waals surface area contributed by atoms with Crippen molar-refractivity contribution in [2.75, 3.05) is 19.3 Å². The smallest absolute Gasteiger partial charge is 0.208 e. The zero-order valence-electron chi connectivity index (χ0n) is 11.8. The van der Waals surface area contributed by atoms with Crippen LogP contribution in [0.3, 0.4) is 0 Å². The van der Waals surface area contributed by atoms with Gasteiger partial charge in [0, 0.05) is 37.9 Å². The van der Waals surface area contributed by atoms with E-state index < -0.39 is 10.0 Å². The molecular weight excluding hydrogens is 292 g/mol. The fourth-order valence-corrected chi connectivity index (χ4v) is 3.13. The monoisotopic (exact) mass is 310 g/mol. The molecule has 3 rings (SSSR count). The highest BCUT2D eigenvalue weighted by Gasteiger charge is 2.25. The first kappa shape index (κ1) is 14.3. The summed E-state index contributed by atoms with van der Waals surface area (Å²) in [5, 5.41) is 0. The minimum Gasteiger partial charge on any atom is -0.472 e. The highest BCUT2D eigenvalue weighted by Crippen LogP contribution is 2.22. The Bertz CT molecular complexity index is 693. The molecule has 21 heavy (non-hydrogen) atoms. The first-order chi connectivity index (χ1) is 10.0. The van der Waals surface area contributed by atoms with E-state index in [1.54, 1.807) is 18.9 Å². The minimum absolute atomic E-state index is 0.0397. The van der Waals surface area contributed by atoms with Gasteiger partial charge in [0.05, 0.1) is 36.8 Å². The Morgan fingerprint density at radius 1 is 1.52 bits per heavy atom. The maximum absolute atomic E-state index is 11.3. The number of furan rings is 1. The lowest BCUT2D eigenvalue weighted by atomic mass is 10.1. The van der Waals surface area contributed by atoms with Crippen molar-refractivity contribution >= 4 is 10.0 Å². The second kappa shape index (κ2) is 5.63. The van der Waals surface area contributed by atoms with Gasteiger partial charge in [0.1, 0.15) is 0 Å². The van der Waals surface area contributed by atoms with Crippen LogP contribution in [0.25, 0.3) is 0 Å². The Balaban J connectivity index is 1.73. The van der Waals surface area contributed by atoms with Crippen LogP contribution >= 0.6 is 0 Å². The number of fused-ring (bicyclic) bond motifs is 1. The standard InChI is InChI=1S/C13H18N4O3S/c1-21(18,19)15-5-13-8-16(6-11-2-3-20-9-11)7-12-4-14-10-17(12)13/h2-4,9-10,13,15H,5-8H2,1H3/t13-/m1/s1. The second-order valence-electron chi connectivity index (χ2n) is 5.37. The molecule has 0 bridgehead atoms. The van der Waals surface area contributed by atoms with Crippen LogP contribution in [0.4, 0.5) is 0 Å². The van der Waals surface area contributed by atoms with Gasteiger partial charge in [-0.1, -0.05) is 0 Å². The number of imidazole rings is 1. The summed E-state index contributed by atoms with van der Waals surface area (Å²) in [6, 6.07) is 1.98. The molecule has 0 fully saturated rings. The molecule has 1 N–H and O–H groups in total. The van der Waals surface area contributed by atoms with E-state index >= 15 is 0 Å². The van der Waals surface area contributed by atoms with Gasteiger partial charge in [0.15, 0.2) is 0 Å². The van der Waals surface area contributed by atoms with E-state index in [1.807, 2.05) is 16.8 Å². The second-order valence-corrected chi connectivity index (χ2v) is 7.20. The molecule has 0 spiro atoms. The zero-order chi connectivity index (χ0) is 14.9. The first-order valence-electron chi connectivity index (χ1n) is 6.70. The van der Waals surface area contributed by atoms with Crippen molar-refractivity contribution in [3.63, 3.8) is 0 Å². The van der Waals surface area contributed by atoms with Gasteiger partial charge in [0.2, 0.25) is 10.0 Å². The largest absolute Gasteiger partial charge is 0.472 e. The van der Waals surface area contributed by atoms with Gasteiger partial charge in [0.25, 0.3) is 0 Å². The van der Waals surface area contributed by atoms with E-state index in [-0.39, 0.29) is 6.04 Å². The maximum atomic E-state index is 11.3. The molecule has 114 valence electrons. The number of sulfonamides is 1. The van der Waals surface area contributed by atoms with Gasteiger partial charge in [-0.05, 0) is 6.07 Å². The van der Waals surface area contributed by atoms with Gasteiger partial charge in [-0.25, -0.2) is 18.1 Å². The van der Waals surface area contributed by atoms with Gasteiger partial charge in [-0.2, -0.15) is 0 Å². The molecular formula is C13H18N4O3S. The van der Waals surface area contributed by atoms with Crippen molar-refractivity contribution in [2.24, 2.45) is 0 Å². The van der Waals surface area contributed by atoms with Crippen LogP contribution in [0, 0.1) is 0 Å². The Labute approximate surface area is 123 Å². The predicted molar refractivity (Wildman–Crippen MR) is 76.9 cm³/mol. The fourth-order valence-electron chi connectivity index (χ4n) is 2.63. The lowest BCUT2D eigenvalue weighted by molar-refractivity contribution is 0.177. The number of nitrogens with zero attached hydrogens (tertiary/aromatic N) is 3. The van der Waals surface area contributed by atoms with Gasteiger partial charge < -0.3 is 8.98 Å². The molecule has 0 unspecified atom stereocenters. The van der Waals surface area contributed by atoms with E-state index in [9.17, 15) is 8.42 Å². The van der Waals surface area contributed by atoms with Crippen LogP contribution in [0.15, 0.2) is 35.5 Å². The van der Waals surface area contributed by atoms with Crippen LogP contribution in [0.5, 0.6) is 0 Å². The molecule has 0 saturated carbocycles. The third-order valence-corrected chi connectivity index (χ3v) is 4.25. The topological polar surface area (TPSA) is 80.4 Å². The van der Waals surface area contributed by atoms with E-state index in [0.29, 0.717) is 6.54 Å². The van der Waals surface area contributed by atoms with Crippen molar-refractivity contribution in [3.8, 4) is 0 Å². The quantitative estimate of drug-likeness (QED) is 0.874. The summed E-state index contributed by atoms with van der Waals surface area (Å²) in [6.45, 7) is 2.69. The SMILES string of the molecule is CS(=O)(=O)NC[C@@H]1CN(Cc2ccoc2)Cc2cncn21. The van der Waals surface area contributed by atoms with Crippen LogP contribution in [0.1, 0.15) is 17.3 Å². The van der Waals surface area contributed by atoms with Crippen LogP contribution < -0.4 is 4.72 Å². The summed E-state index contributed by atoms with van der Waals surface area (Å²) in [7, 11) is -3.19. The molecule has 0 amide bonds. The van der Waals surface area contributed by atoms with Crippen LogP contribution in [-0.4, -0.2) is 42.2 Å². The minimum atomic E-state index is -3.19. The summed E-state index contributed by atoms with van der Waals surface area (Å²) in [5.74, 6) is 0. The molecule has 7 nitrogen and oxygen atoms in total. The highest BCUT2D eigenvalue weighted by atomic mass is 32.2. The summed E-state index contributed by atoms with van der Waals surface area (Å²) < 4.78 is 32.3. The summed E-state index contributed by atoms with van der Waals surface area (Å²) in [6.07, 6.45) is 8.16. The van der Waals surface area contributed by atoms with Crippen LogP contribution in [-0.2, 0) is 23.1 Å². The van der Waals surface area contributed by atoms with Crippen LogP contribution in [0.2, 0.25) is 0 Å². The van der Waals surface area contributed by atoms with E-state index in [0.717, 1.165) is 30.9 Å². The number of nitrogens with one attached hydrogen (secondary N) is 1. The Kier molecular flexibility index (Phi) is 3.83. The van der Waals surface area contributed by atoms with E-state index in [2.05, 4.69) is 14.6 Å². The lowest BCUT2D eigenvalue weighted by Crippen LogP contribution is -2.41. The Hall–Kier alpha value is -1.64. The molecule has 8 heteroatoms. The maximum Gasteiger partial charge on any atom is 0.208 e. The number of hydrogen-bond acceptors (Lipinski definition) is 5. The predicted octanol–water partition coefficient (Wildman–Crippen LogP) is 0.582. The summed E-state index contributed by atoms with van der Waals surface area (Å²) >= 11 is 0. The molecule has 1 aliphatic heterocycles. The van der Waals surface area contributed by atoms with Gasteiger partial charge in [-0.3, -0.25) is 4.90 Å². The lowest BCUT2D eigenvalue weighted by Gasteiger charge is -2.34. The van der Waals surface area contributed by atoms with E-state index in [4.69, 9.17) is 4.42 Å². The van der Waals surface area contributed by atoms with Crippen molar-refractivity contribution in [1.82, 2.24) is 19.2 Å².